The minimum atomic E-state index is -1.20. The van der Waals surface area contributed by atoms with Crippen LogP contribution < -0.4 is 21.7 Å². The Kier molecular flexibility index (Phi) is 12.1. The van der Waals surface area contributed by atoms with Crippen LogP contribution in [-0.4, -0.2) is 73.2 Å². The van der Waals surface area contributed by atoms with Crippen LogP contribution in [0.3, 0.4) is 0 Å². The van der Waals surface area contributed by atoms with Crippen molar-refractivity contribution >= 4 is 17.7 Å². The summed E-state index contributed by atoms with van der Waals surface area (Å²) < 4.78 is 53.7. The summed E-state index contributed by atoms with van der Waals surface area (Å²) in [7, 11) is 0. The van der Waals surface area contributed by atoms with Crippen molar-refractivity contribution in [2.24, 2.45) is 11.1 Å². The van der Waals surface area contributed by atoms with Crippen molar-refractivity contribution in [2.75, 3.05) is 38.2 Å². The number of nitrogens with two attached hydrogens (primary N) is 1. The monoisotopic (exact) mass is 643 g/mol. The van der Waals surface area contributed by atoms with Crippen molar-refractivity contribution in [3.05, 3.63) is 95.1 Å². The van der Waals surface area contributed by atoms with Crippen molar-refractivity contribution < 1.29 is 37.3 Å². The number of hydrogen-bond donors (Lipinski definition) is 5. The van der Waals surface area contributed by atoms with E-state index in [2.05, 4.69) is 20.9 Å². The largest absolute Gasteiger partial charge is 0.447 e. The topological polar surface area (TPSA) is 148 Å². The molecule has 10 nitrogen and oxygen atoms in total. The van der Waals surface area contributed by atoms with E-state index in [0.29, 0.717) is 30.6 Å². The summed E-state index contributed by atoms with van der Waals surface area (Å²) in [6.45, 7) is 4.72. The van der Waals surface area contributed by atoms with Crippen molar-refractivity contribution in [3.63, 3.8) is 0 Å². The number of nitrogens with zero attached hydrogens (tertiary/aromatic N) is 1. The molecule has 4 rings (SSSR count). The third-order valence-corrected chi connectivity index (χ3v) is 7.77. The van der Waals surface area contributed by atoms with Crippen LogP contribution in [0.25, 0.3) is 0 Å². The number of halogens is 3. The number of pyridine rings is 1. The average molecular weight is 644 g/mol. The number of carbonyl (C=O) groups excluding carboxylic acids is 2. The van der Waals surface area contributed by atoms with Gasteiger partial charge in [-0.25, -0.2) is 18.0 Å². The number of benzene rings is 2. The molecule has 248 valence electrons. The normalized spacial score (nSPS) is 17.4. The van der Waals surface area contributed by atoms with Gasteiger partial charge < -0.3 is 36.3 Å². The number of anilines is 1. The smallest absolute Gasteiger partial charge is 0.407 e. The standard InChI is InChI=1S/C33H40F3N5O5/c1-33(2,19-42)18-40-32(44)45-17-25-14-38-13-24(46-25)11-12-26-27(36)15-39-16-28(26)41-31(43)30(37)29(20-3-7-22(34)8-4-20)21-5-9-23(35)10-6-21/h3-10,15-16,24-25,29-30,38,42H,11-14,17-19,37H2,1-2H3,(H,40,44)(H,41,43)/t24-,25+,30+/m1/s1. The molecular formula is C33H40F3N5O5. The molecule has 0 radical (unpaired) electrons. The Morgan fingerprint density at radius 3 is 2.26 bits per heavy atom. The van der Waals surface area contributed by atoms with Gasteiger partial charge >= 0.3 is 6.09 Å². The van der Waals surface area contributed by atoms with E-state index in [1.165, 1.54) is 54.7 Å². The van der Waals surface area contributed by atoms with Gasteiger partial charge in [-0.15, -0.1) is 0 Å². The van der Waals surface area contributed by atoms with Crippen LogP contribution in [0.5, 0.6) is 0 Å². The quantitative estimate of drug-likeness (QED) is 0.190. The van der Waals surface area contributed by atoms with Crippen LogP contribution >= 0.6 is 0 Å². The van der Waals surface area contributed by atoms with Gasteiger partial charge in [0.15, 0.2) is 0 Å². The van der Waals surface area contributed by atoms with Gasteiger partial charge in [0.2, 0.25) is 5.91 Å². The summed E-state index contributed by atoms with van der Waals surface area (Å²) in [4.78, 5) is 29.4. The fraction of sp³-hybridized carbons (Fsp3) is 0.424. The van der Waals surface area contributed by atoms with E-state index in [1.54, 1.807) is 0 Å². The number of alkyl carbamates (subject to hydrolysis) is 1. The first-order valence-corrected chi connectivity index (χ1v) is 15.0. The molecule has 3 atom stereocenters. The number of rotatable bonds is 13. The minimum Gasteiger partial charge on any atom is -0.447 e. The molecule has 0 saturated carbocycles. The zero-order chi connectivity index (χ0) is 33.3. The molecule has 1 aliphatic heterocycles. The van der Waals surface area contributed by atoms with Crippen LogP contribution in [0.4, 0.5) is 23.7 Å². The molecule has 2 amide bonds. The Morgan fingerprint density at radius 1 is 1.04 bits per heavy atom. The first kappa shape index (κ1) is 34.8. The van der Waals surface area contributed by atoms with Crippen molar-refractivity contribution in [3.8, 4) is 0 Å². The number of morpholine rings is 1. The van der Waals surface area contributed by atoms with Crippen LogP contribution in [0.1, 0.15) is 42.9 Å². The number of aliphatic hydroxyl groups excluding tert-OH is 1. The number of aliphatic hydroxyl groups is 1. The van der Waals surface area contributed by atoms with Crippen LogP contribution in [0, 0.1) is 22.9 Å². The Balaban J connectivity index is 1.39. The lowest BCUT2D eigenvalue weighted by Gasteiger charge is -2.31. The summed E-state index contributed by atoms with van der Waals surface area (Å²) in [5.41, 5.74) is 7.40. The molecule has 1 aromatic heterocycles. The molecule has 3 aromatic rings. The minimum absolute atomic E-state index is 0.000971. The van der Waals surface area contributed by atoms with Gasteiger partial charge in [0.25, 0.3) is 0 Å². The van der Waals surface area contributed by atoms with Gasteiger partial charge in [-0.2, -0.15) is 0 Å². The molecule has 13 heteroatoms. The second-order valence-electron chi connectivity index (χ2n) is 12.1. The van der Waals surface area contributed by atoms with Gasteiger partial charge in [0.1, 0.15) is 30.2 Å². The van der Waals surface area contributed by atoms with Gasteiger partial charge in [-0.05, 0) is 48.2 Å². The Labute approximate surface area is 265 Å². The maximum atomic E-state index is 15.0. The molecule has 0 spiro atoms. The third kappa shape index (κ3) is 9.73. The van der Waals surface area contributed by atoms with E-state index in [4.69, 9.17) is 15.2 Å². The predicted molar refractivity (Wildman–Crippen MR) is 166 cm³/mol. The fourth-order valence-electron chi connectivity index (χ4n) is 5.07. The lowest BCUT2D eigenvalue weighted by atomic mass is 9.85. The summed E-state index contributed by atoms with van der Waals surface area (Å²) in [5.74, 6) is -2.94. The lowest BCUT2D eigenvalue weighted by Crippen LogP contribution is -2.47. The summed E-state index contributed by atoms with van der Waals surface area (Å²) in [6.07, 6.45) is 1.58. The highest BCUT2D eigenvalue weighted by molar-refractivity contribution is 5.96. The van der Waals surface area contributed by atoms with E-state index in [-0.39, 0.29) is 43.5 Å². The number of amides is 2. The number of hydrogen-bond acceptors (Lipinski definition) is 8. The molecule has 6 N–H and O–H groups in total. The number of ether oxygens (including phenoxy) is 2. The van der Waals surface area contributed by atoms with Gasteiger partial charge in [-0.1, -0.05) is 38.1 Å². The fourth-order valence-corrected chi connectivity index (χ4v) is 5.07. The van der Waals surface area contributed by atoms with Crippen molar-refractivity contribution in [2.45, 2.75) is 50.9 Å². The Bertz CT molecular complexity index is 1410. The van der Waals surface area contributed by atoms with Gasteiger partial charge in [0, 0.05) is 43.1 Å². The first-order valence-electron chi connectivity index (χ1n) is 15.0. The summed E-state index contributed by atoms with van der Waals surface area (Å²) in [5, 5.41) is 17.9. The van der Waals surface area contributed by atoms with E-state index < -0.39 is 52.9 Å². The Morgan fingerprint density at radius 2 is 1.65 bits per heavy atom. The predicted octanol–water partition coefficient (Wildman–Crippen LogP) is 3.63. The SMILES string of the molecule is CC(C)(CO)CNC(=O)OC[C@@H]1CNC[C@@H](CCc2c(F)cncc2NC(=O)[C@@H](N)C(c2ccc(F)cc2)c2ccc(F)cc2)O1. The second-order valence-corrected chi connectivity index (χ2v) is 12.1. The maximum Gasteiger partial charge on any atom is 0.407 e. The highest BCUT2D eigenvalue weighted by Crippen LogP contribution is 2.29. The molecular weight excluding hydrogens is 603 g/mol. The third-order valence-electron chi connectivity index (χ3n) is 7.77. The number of carbonyl (C=O) groups is 2. The molecule has 2 aromatic carbocycles. The maximum absolute atomic E-state index is 15.0. The van der Waals surface area contributed by atoms with Crippen LogP contribution in [-0.2, 0) is 20.7 Å². The summed E-state index contributed by atoms with van der Waals surface area (Å²) >= 11 is 0. The molecule has 0 aliphatic carbocycles. The molecule has 1 saturated heterocycles. The molecule has 1 fully saturated rings. The zero-order valence-corrected chi connectivity index (χ0v) is 25.8. The Hall–Kier alpha value is -4.04. The number of nitrogens with one attached hydrogen (secondary N) is 3. The second kappa shape index (κ2) is 16.0. The molecule has 0 unspecified atom stereocenters. The first-order chi connectivity index (χ1) is 22.0. The van der Waals surface area contributed by atoms with E-state index in [9.17, 15) is 23.5 Å². The lowest BCUT2D eigenvalue weighted by molar-refractivity contribution is -0.117. The van der Waals surface area contributed by atoms with E-state index in [1.807, 2.05) is 13.8 Å². The van der Waals surface area contributed by atoms with E-state index >= 15 is 4.39 Å². The molecule has 2 heterocycles. The van der Waals surface area contributed by atoms with Gasteiger partial charge in [0.05, 0.1) is 30.2 Å². The summed E-state index contributed by atoms with van der Waals surface area (Å²) in [6, 6.07) is 9.82. The van der Waals surface area contributed by atoms with Gasteiger partial charge in [-0.3, -0.25) is 9.78 Å². The molecule has 0 bridgehead atoms. The average Bonchev–Trinajstić information content (AvgIpc) is 3.04. The van der Waals surface area contributed by atoms with Crippen LogP contribution in [0.2, 0.25) is 0 Å². The van der Waals surface area contributed by atoms with E-state index in [0.717, 1.165) is 6.20 Å². The highest BCUT2D eigenvalue weighted by atomic mass is 19.1. The molecule has 46 heavy (non-hydrogen) atoms. The van der Waals surface area contributed by atoms with Crippen LogP contribution in [0.15, 0.2) is 60.9 Å². The van der Waals surface area contributed by atoms with Crippen molar-refractivity contribution in [1.82, 2.24) is 15.6 Å². The number of aromatic nitrogens is 1. The molecule has 1 aliphatic rings. The zero-order valence-electron chi connectivity index (χ0n) is 25.8. The highest BCUT2D eigenvalue weighted by Gasteiger charge is 2.30. The van der Waals surface area contributed by atoms with Crippen molar-refractivity contribution in [1.29, 1.82) is 0 Å².